The summed E-state index contributed by atoms with van der Waals surface area (Å²) in [6, 6.07) is 0. The second-order valence-electron chi connectivity index (χ2n) is 4.57. The summed E-state index contributed by atoms with van der Waals surface area (Å²) in [5.41, 5.74) is 2.12. The lowest BCUT2D eigenvalue weighted by molar-refractivity contribution is -0.138. The molecule has 1 aromatic rings. The number of imidazole rings is 1. The van der Waals surface area contributed by atoms with E-state index in [1.165, 1.54) is 0 Å². The lowest BCUT2D eigenvalue weighted by Crippen LogP contribution is -1.99. The van der Waals surface area contributed by atoms with Crippen LogP contribution < -0.4 is 0 Å². The number of rotatable bonds is 3. The molecular weight excluding hydrogens is 192 g/mol. The van der Waals surface area contributed by atoms with Gasteiger partial charge in [-0.3, -0.25) is 4.79 Å². The number of aromatic nitrogens is 2. The van der Waals surface area contributed by atoms with E-state index in [9.17, 15) is 4.79 Å². The molecule has 2 atom stereocenters. The molecule has 0 aliphatic heterocycles. The van der Waals surface area contributed by atoms with Crippen LogP contribution in [0.4, 0.5) is 0 Å². The molecule has 0 radical (unpaired) electrons. The molecule has 1 aliphatic carbocycles. The Kier molecular flexibility index (Phi) is 2.29. The summed E-state index contributed by atoms with van der Waals surface area (Å²) < 4.78 is 0. The van der Waals surface area contributed by atoms with E-state index in [1.807, 2.05) is 6.92 Å². The minimum atomic E-state index is -0.708. The van der Waals surface area contributed by atoms with Gasteiger partial charge in [0.15, 0.2) is 0 Å². The molecule has 4 heteroatoms. The van der Waals surface area contributed by atoms with Gasteiger partial charge in [-0.05, 0) is 19.3 Å². The van der Waals surface area contributed by atoms with Gasteiger partial charge in [0.25, 0.3) is 0 Å². The second-order valence-corrected chi connectivity index (χ2v) is 4.57. The first-order valence-electron chi connectivity index (χ1n) is 5.30. The van der Waals surface area contributed by atoms with Gasteiger partial charge in [-0.1, -0.05) is 13.8 Å². The molecule has 2 N–H and O–H groups in total. The zero-order valence-electron chi connectivity index (χ0n) is 9.24. The minimum Gasteiger partial charge on any atom is -0.481 e. The number of nitrogens with zero attached hydrogens (tertiary/aromatic N) is 1. The Bertz CT molecular complexity index is 395. The van der Waals surface area contributed by atoms with Crippen molar-refractivity contribution in [2.75, 3.05) is 0 Å². The van der Waals surface area contributed by atoms with E-state index in [1.54, 1.807) is 0 Å². The van der Waals surface area contributed by atoms with Crippen LogP contribution >= 0.6 is 0 Å². The van der Waals surface area contributed by atoms with Crippen LogP contribution in [0.1, 0.15) is 49.3 Å². The van der Waals surface area contributed by atoms with Gasteiger partial charge in [-0.15, -0.1) is 0 Å². The van der Waals surface area contributed by atoms with Crippen LogP contribution in [0.3, 0.4) is 0 Å². The summed E-state index contributed by atoms with van der Waals surface area (Å²) in [5, 5.41) is 8.83. The maximum Gasteiger partial charge on any atom is 0.307 e. The number of aromatic amines is 1. The van der Waals surface area contributed by atoms with E-state index in [-0.39, 0.29) is 11.8 Å². The van der Waals surface area contributed by atoms with Gasteiger partial charge in [0.2, 0.25) is 0 Å². The van der Waals surface area contributed by atoms with Gasteiger partial charge in [0, 0.05) is 11.6 Å². The van der Waals surface area contributed by atoms with Crippen LogP contribution in [0.25, 0.3) is 0 Å². The highest BCUT2D eigenvalue weighted by Gasteiger charge is 2.46. The third-order valence-corrected chi connectivity index (χ3v) is 2.95. The first-order chi connectivity index (χ1) is 7.00. The van der Waals surface area contributed by atoms with Crippen molar-refractivity contribution in [2.45, 2.75) is 39.0 Å². The Morgan fingerprint density at radius 2 is 2.27 bits per heavy atom. The number of hydrogen-bond donors (Lipinski definition) is 2. The summed E-state index contributed by atoms with van der Waals surface area (Å²) in [7, 11) is 0. The zero-order valence-corrected chi connectivity index (χ0v) is 9.24. The highest BCUT2D eigenvalue weighted by atomic mass is 16.4. The monoisotopic (exact) mass is 208 g/mol. The Balaban J connectivity index is 2.18. The molecule has 2 rings (SSSR count). The van der Waals surface area contributed by atoms with Crippen molar-refractivity contribution in [1.82, 2.24) is 9.97 Å². The average Bonchev–Trinajstić information content (AvgIpc) is 2.84. The van der Waals surface area contributed by atoms with Crippen LogP contribution in [0.15, 0.2) is 0 Å². The fourth-order valence-electron chi connectivity index (χ4n) is 2.01. The van der Waals surface area contributed by atoms with Gasteiger partial charge in [-0.25, -0.2) is 4.98 Å². The van der Waals surface area contributed by atoms with Crippen molar-refractivity contribution in [2.24, 2.45) is 5.92 Å². The van der Waals surface area contributed by atoms with Crippen LogP contribution in [0, 0.1) is 12.8 Å². The average molecular weight is 208 g/mol. The van der Waals surface area contributed by atoms with Gasteiger partial charge in [0.1, 0.15) is 5.82 Å². The highest BCUT2D eigenvalue weighted by Crippen LogP contribution is 2.46. The molecule has 1 heterocycles. The molecular formula is C11H16N2O2. The van der Waals surface area contributed by atoms with E-state index in [0.717, 1.165) is 23.6 Å². The third-order valence-electron chi connectivity index (χ3n) is 2.95. The SMILES string of the molecule is Cc1[nH]c(C2CC2C(=O)O)nc1C(C)C. The molecule has 1 saturated carbocycles. The second kappa shape index (κ2) is 3.36. The predicted molar refractivity (Wildman–Crippen MR) is 55.9 cm³/mol. The molecule has 1 aliphatic rings. The molecule has 82 valence electrons. The van der Waals surface area contributed by atoms with E-state index in [4.69, 9.17) is 5.11 Å². The summed E-state index contributed by atoms with van der Waals surface area (Å²) in [6.07, 6.45) is 0.722. The molecule has 15 heavy (non-hydrogen) atoms. The molecule has 0 spiro atoms. The maximum atomic E-state index is 10.7. The Labute approximate surface area is 88.7 Å². The molecule has 0 saturated heterocycles. The fraction of sp³-hybridized carbons (Fsp3) is 0.636. The summed E-state index contributed by atoms with van der Waals surface area (Å²) in [5.74, 6) is 0.407. The largest absolute Gasteiger partial charge is 0.481 e. The van der Waals surface area contributed by atoms with E-state index in [2.05, 4.69) is 23.8 Å². The number of hydrogen-bond acceptors (Lipinski definition) is 2. The molecule has 1 fully saturated rings. The van der Waals surface area contributed by atoms with Gasteiger partial charge >= 0.3 is 5.97 Å². The van der Waals surface area contributed by atoms with E-state index in [0.29, 0.717) is 5.92 Å². The Hall–Kier alpha value is -1.32. The van der Waals surface area contributed by atoms with Crippen molar-refractivity contribution in [3.05, 3.63) is 17.2 Å². The van der Waals surface area contributed by atoms with Crippen molar-refractivity contribution >= 4 is 5.97 Å². The number of H-pyrrole nitrogens is 1. The molecule has 0 bridgehead atoms. The van der Waals surface area contributed by atoms with E-state index < -0.39 is 5.97 Å². The summed E-state index contributed by atoms with van der Waals surface area (Å²) >= 11 is 0. The van der Waals surface area contributed by atoms with Crippen LogP contribution in [-0.2, 0) is 4.79 Å². The van der Waals surface area contributed by atoms with Crippen LogP contribution in [0.5, 0.6) is 0 Å². The molecule has 4 nitrogen and oxygen atoms in total. The van der Waals surface area contributed by atoms with Crippen molar-refractivity contribution in [1.29, 1.82) is 0 Å². The number of carboxylic acid groups (broad SMARTS) is 1. The first-order valence-corrected chi connectivity index (χ1v) is 5.30. The number of carboxylic acids is 1. The normalized spacial score (nSPS) is 24.5. The fourth-order valence-corrected chi connectivity index (χ4v) is 2.01. The lowest BCUT2D eigenvalue weighted by Gasteiger charge is -1.99. The van der Waals surface area contributed by atoms with Crippen LogP contribution in [-0.4, -0.2) is 21.0 Å². The van der Waals surface area contributed by atoms with Gasteiger partial charge < -0.3 is 10.1 Å². The molecule has 2 unspecified atom stereocenters. The molecule has 0 aromatic carbocycles. The highest BCUT2D eigenvalue weighted by molar-refractivity contribution is 5.74. The summed E-state index contributed by atoms with van der Waals surface area (Å²) in [6.45, 7) is 6.17. The third kappa shape index (κ3) is 1.76. The van der Waals surface area contributed by atoms with Gasteiger partial charge in [-0.2, -0.15) is 0 Å². The molecule has 1 aromatic heterocycles. The predicted octanol–water partition coefficient (Wildman–Crippen LogP) is 2.03. The van der Waals surface area contributed by atoms with Crippen LogP contribution in [0.2, 0.25) is 0 Å². The standard InChI is InChI=1S/C11H16N2O2/c1-5(2)9-6(3)12-10(13-9)7-4-8(7)11(14)15/h5,7-8H,4H2,1-3H3,(H,12,13)(H,14,15). The van der Waals surface area contributed by atoms with Crippen molar-refractivity contribution < 1.29 is 9.90 Å². The quantitative estimate of drug-likeness (QED) is 0.798. The minimum absolute atomic E-state index is 0.105. The smallest absolute Gasteiger partial charge is 0.307 e. The van der Waals surface area contributed by atoms with Gasteiger partial charge in [0.05, 0.1) is 11.6 Å². The van der Waals surface area contributed by atoms with Crippen molar-refractivity contribution in [3.8, 4) is 0 Å². The Morgan fingerprint density at radius 1 is 1.60 bits per heavy atom. The number of nitrogens with one attached hydrogen (secondary N) is 1. The Morgan fingerprint density at radius 3 is 2.67 bits per heavy atom. The molecule has 0 amide bonds. The lowest BCUT2D eigenvalue weighted by atomic mass is 10.1. The zero-order chi connectivity index (χ0) is 11.2. The number of carbonyl (C=O) groups is 1. The van der Waals surface area contributed by atoms with E-state index >= 15 is 0 Å². The number of aryl methyl sites for hydroxylation is 1. The summed E-state index contributed by atoms with van der Waals surface area (Å²) in [4.78, 5) is 18.4. The first kappa shape index (κ1) is 10.2. The maximum absolute atomic E-state index is 10.7. The van der Waals surface area contributed by atoms with Crippen molar-refractivity contribution in [3.63, 3.8) is 0 Å². The number of aliphatic carboxylic acids is 1. The topological polar surface area (TPSA) is 66.0 Å².